The lowest BCUT2D eigenvalue weighted by Gasteiger charge is -1.98. The number of aromatic amines is 1. The minimum absolute atomic E-state index is 0.172. The monoisotopic (exact) mass is 350 g/mol. The minimum Gasteiger partial charge on any atom is -0.333 e. The molecule has 126 valence electrons. The number of H-pyrrole nitrogens is 1. The summed E-state index contributed by atoms with van der Waals surface area (Å²) in [6.07, 6.45) is 3.63. The first kappa shape index (κ1) is 17.0. The third-order valence-corrected chi connectivity index (χ3v) is 4.23. The number of nitrogens with one attached hydrogen (secondary N) is 2. The van der Waals surface area contributed by atoms with Gasteiger partial charge in [0.05, 0.1) is 23.0 Å². The smallest absolute Gasteiger partial charge is 0.250 e. The number of carbonyl (C=O) groups is 1. The van der Waals surface area contributed by atoms with Crippen LogP contribution in [0.4, 0.5) is 0 Å². The number of allylic oxidation sites excluding steroid dienone is 1. The molecular weight excluding hydrogens is 332 g/mol. The van der Waals surface area contributed by atoms with Crippen LogP contribution in [-0.2, 0) is 4.79 Å². The van der Waals surface area contributed by atoms with Gasteiger partial charge in [0.25, 0.3) is 5.91 Å². The highest BCUT2D eigenvalue weighted by atomic mass is 32.2. The van der Waals surface area contributed by atoms with Gasteiger partial charge in [-0.1, -0.05) is 60.3 Å². The summed E-state index contributed by atoms with van der Waals surface area (Å²) in [4.78, 5) is 19.5. The standard InChI is InChI=1S/C19H18N4OS/c1-14(11-15-7-3-2-4-8-15)12-20-23-18(24)13-25-19-21-16-9-5-6-10-17(16)22-19/h2-12H,13H2,1H3,(H,21,22)(H,23,24)/b14-11+,20-12-. The zero-order valence-electron chi connectivity index (χ0n) is 13.8. The van der Waals surface area contributed by atoms with E-state index in [9.17, 15) is 4.79 Å². The number of para-hydroxylation sites is 2. The molecule has 2 N–H and O–H groups in total. The fourth-order valence-corrected chi connectivity index (χ4v) is 2.90. The first-order valence-corrected chi connectivity index (χ1v) is 8.82. The summed E-state index contributed by atoms with van der Waals surface area (Å²) in [7, 11) is 0. The minimum atomic E-state index is -0.172. The zero-order chi connectivity index (χ0) is 17.5. The van der Waals surface area contributed by atoms with Crippen LogP contribution in [0.15, 0.2) is 70.4 Å². The lowest BCUT2D eigenvalue weighted by Crippen LogP contribution is -2.19. The molecule has 0 aliphatic carbocycles. The van der Waals surface area contributed by atoms with Crippen molar-refractivity contribution in [1.82, 2.24) is 15.4 Å². The number of benzene rings is 2. The molecule has 1 aromatic heterocycles. The van der Waals surface area contributed by atoms with Crippen LogP contribution >= 0.6 is 11.8 Å². The number of rotatable bonds is 6. The quantitative estimate of drug-likeness (QED) is 0.403. The van der Waals surface area contributed by atoms with Crippen molar-refractivity contribution in [3.8, 4) is 0 Å². The van der Waals surface area contributed by atoms with E-state index in [4.69, 9.17) is 0 Å². The van der Waals surface area contributed by atoms with Crippen LogP contribution in [0.5, 0.6) is 0 Å². The van der Waals surface area contributed by atoms with Crippen LogP contribution in [-0.4, -0.2) is 27.8 Å². The zero-order valence-corrected chi connectivity index (χ0v) is 14.6. The van der Waals surface area contributed by atoms with E-state index in [0.717, 1.165) is 27.3 Å². The summed E-state index contributed by atoms with van der Waals surface area (Å²) in [6, 6.07) is 17.7. The van der Waals surface area contributed by atoms with E-state index in [2.05, 4.69) is 20.5 Å². The maximum absolute atomic E-state index is 11.9. The summed E-state index contributed by atoms with van der Waals surface area (Å²) in [5.41, 5.74) is 6.44. The number of hydrogen-bond donors (Lipinski definition) is 2. The van der Waals surface area contributed by atoms with Gasteiger partial charge in [0, 0.05) is 0 Å². The maximum atomic E-state index is 11.9. The van der Waals surface area contributed by atoms with Crippen molar-refractivity contribution in [3.63, 3.8) is 0 Å². The van der Waals surface area contributed by atoms with Crippen LogP contribution in [0.1, 0.15) is 12.5 Å². The molecule has 5 nitrogen and oxygen atoms in total. The van der Waals surface area contributed by atoms with E-state index in [0.29, 0.717) is 0 Å². The lowest BCUT2D eigenvalue weighted by atomic mass is 10.1. The van der Waals surface area contributed by atoms with Gasteiger partial charge in [-0.05, 0) is 30.2 Å². The van der Waals surface area contributed by atoms with Gasteiger partial charge >= 0.3 is 0 Å². The molecule has 0 radical (unpaired) electrons. The number of amides is 1. The third-order valence-electron chi connectivity index (χ3n) is 3.36. The van der Waals surface area contributed by atoms with Crippen molar-refractivity contribution in [2.75, 3.05) is 5.75 Å². The number of hydrazone groups is 1. The van der Waals surface area contributed by atoms with E-state index < -0.39 is 0 Å². The fraction of sp³-hybridized carbons (Fsp3) is 0.105. The van der Waals surface area contributed by atoms with Gasteiger partial charge in [-0.25, -0.2) is 10.4 Å². The predicted molar refractivity (Wildman–Crippen MR) is 104 cm³/mol. The molecule has 25 heavy (non-hydrogen) atoms. The number of aromatic nitrogens is 2. The highest BCUT2D eigenvalue weighted by Crippen LogP contribution is 2.18. The second-order valence-corrected chi connectivity index (χ2v) is 6.40. The summed E-state index contributed by atoms with van der Waals surface area (Å²) in [5.74, 6) is 0.0766. The number of hydrogen-bond acceptors (Lipinski definition) is 4. The van der Waals surface area contributed by atoms with Crippen molar-refractivity contribution in [1.29, 1.82) is 0 Å². The van der Waals surface area contributed by atoms with Gasteiger partial charge in [0.15, 0.2) is 5.16 Å². The Bertz CT molecular complexity index is 882. The Morgan fingerprint density at radius 1 is 1.20 bits per heavy atom. The van der Waals surface area contributed by atoms with Gasteiger partial charge in [-0.2, -0.15) is 5.10 Å². The molecule has 0 saturated carbocycles. The highest BCUT2D eigenvalue weighted by Gasteiger charge is 2.06. The van der Waals surface area contributed by atoms with Crippen molar-refractivity contribution in [3.05, 3.63) is 65.7 Å². The molecular formula is C19H18N4OS. The van der Waals surface area contributed by atoms with E-state index >= 15 is 0 Å². The predicted octanol–water partition coefficient (Wildman–Crippen LogP) is 3.86. The topological polar surface area (TPSA) is 70.1 Å². The van der Waals surface area contributed by atoms with Gasteiger partial charge in [0.2, 0.25) is 0 Å². The van der Waals surface area contributed by atoms with Crippen LogP contribution in [0.2, 0.25) is 0 Å². The number of thioether (sulfide) groups is 1. The number of imidazole rings is 1. The number of carbonyl (C=O) groups excluding carboxylic acids is 1. The lowest BCUT2D eigenvalue weighted by molar-refractivity contribution is -0.118. The second kappa shape index (κ2) is 8.30. The largest absolute Gasteiger partial charge is 0.333 e. The van der Waals surface area contributed by atoms with E-state index in [1.165, 1.54) is 11.8 Å². The Morgan fingerprint density at radius 2 is 1.96 bits per heavy atom. The molecule has 0 aliphatic rings. The normalized spacial score (nSPS) is 12.0. The van der Waals surface area contributed by atoms with Crippen LogP contribution in [0, 0.1) is 0 Å². The molecule has 0 unspecified atom stereocenters. The van der Waals surface area contributed by atoms with Crippen LogP contribution in [0.3, 0.4) is 0 Å². The molecule has 1 heterocycles. The summed E-state index contributed by atoms with van der Waals surface area (Å²) in [6.45, 7) is 1.94. The van der Waals surface area contributed by atoms with Gasteiger partial charge in [-0.15, -0.1) is 0 Å². The summed E-state index contributed by atoms with van der Waals surface area (Å²) < 4.78 is 0. The van der Waals surface area contributed by atoms with Crippen LogP contribution in [0.25, 0.3) is 17.1 Å². The SMILES string of the molecule is CC(/C=N\NC(=O)CSc1nc2ccccc2[nH]1)=C\c1ccccc1. The fourth-order valence-electron chi connectivity index (χ4n) is 2.22. The molecule has 0 spiro atoms. The molecule has 0 saturated heterocycles. The molecule has 6 heteroatoms. The molecule has 0 aliphatic heterocycles. The van der Waals surface area contributed by atoms with Crippen molar-refractivity contribution in [2.24, 2.45) is 5.10 Å². The first-order chi connectivity index (χ1) is 12.2. The summed E-state index contributed by atoms with van der Waals surface area (Å²) in [5, 5.41) is 4.71. The van der Waals surface area contributed by atoms with Crippen molar-refractivity contribution >= 4 is 41.0 Å². The average molecular weight is 350 g/mol. The highest BCUT2D eigenvalue weighted by molar-refractivity contribution is 7.99. The van der Waals surface area contributed by atoms with Gasteiger partial charge in [-0.3, -0.25) is 4.79 Å². The second-order valence-electron chi connectivity index (χ2n) is 5.44. The third kappa shape index (κ3) is 5.06. The molecule has 0 atom stereocenters. The van der Waals surface area contributed by atoms with E-state index in [-0.39, 0.29) is 11.7 Å². The van der Waals surface area contributed by atoms with Crippen LogP contribution < -0.4 is 5.43 Å². The Labute approximate surface area is 150 Å². The molecule has 3 aromatic rings. The Hall–Kier alpha value is -2.86. The molecule has 1 amide bonds. The molecule has 0 bridgehead atoms. The Balaban J connectivity index is 1.48. The molecule has 0 fully saturated rings. The van der Waals surface area contributed by atoms with Crippen molar-refractivity contribution < 1.29 is 4.79 Å². The first-order valence-electron chi connectivity index (χ1n) is 7.83. The van der Waals surface area contributed by atoms with E-state index in [1.54, 1.807) is 6.21 Å². The average Bonchev–Trinajstić information content (AvgIpc) is 3.04. The van der Waals surface area contributed by atoms with E-state index in [1.807, 2.05) is 67.6 Å². The van der Waals surface area contributed by atoms with Crippen molar-refractivity contribution in [2.45, 2.75) is 12.1 Å². The molecule has 2 aromatic carbocycles. The number of nitrogens with zero attached hydrogens (tertiary/aromatic N) is 2. The van der Waals surface area contributed by atoms with Gasteiger partial charge < -0.3 is 4.98 Å². The maximum Gasteiger partial charge on any atom is 0.250 e. The summed E-state index contributed by atoms with van der Waals surface area (Å²) >= 11 is 1.35. The Morgan fingerprint density at radius 3 is 2.76 bits per heavy atom. The Kier molecular flexibility index (Phi) is 5.64. The molecule has 3 rings (SSSR count). The van der Waals surface area contributed by atoms with Gasteiger partial charge in [0.1, 0.15) is 0 Å². The number of fused-ring (bicyclic) bond motifs is 1.